The molecule has 2 nitrogen and oxygen atoms in total. The van der Waals surface area contributed by atoms with Crippen molar-refractivity contribution in [2.45, 2.75) is 38.7 Å². The molecule has 1 N–H and O–H groups in total. The molecule has 0 heterocycles. The Morgan fingerprint density at radius 3 is 2.40 bits per heavy atom. The van der Waals surface area contributed by atoms with E-state index in [2.05, 4.69) is 26.0 Å². The van der Waals surface area contributed by atoms with Crippen LogP contribution in [0, 0.1) is 13.8 Å². The van der Waals surface area contributed by atoms with E-state index in [-0.39, 0.29) is 0 Å². The van der Waals surface area contributed by atoms with Crippen LogP contribution in [0.3, 0.4) is 0 Å². The standard InChI is InChI=1S/C13H18O2/c1-9-6-11(8-13(14)4-5-13)12(15-3)7-10(9)2/h6-7,14H,4-5,8H2,1-3H3. The molecular weight excluding hydrogens is 188 g/mol. The first kappa shape index (κ1) is 10.5. The van der Waals surface area contributed by atoms with Gasteiger partial charge in [-0.05, 0) is 49.4 Å². The number of hydrogen-bond donors (Lipinski definition) is 1. The van der Waals surface area contributed by atoms with E-state index in [9.17, 15) is 5.11 Å². The molecule has 0 spiro atoms. The number of hydrogen-bond acceptors (Lipinski definition) is 2. The molecule has 0 aromatic heterocycles. The van der Waals surface area contributed by atoms with Crippen LogP contribution in [-0.4, -0.2) is 17.8 Å². The van der Waals surface area contributed by atoms with Crippen LogP contribution in [0.25, 0.3) is 0 Å². The molecule has 0 atom stereocenters. The van der Waals surface area contributed by atoms with E-state index in [1.54, 1.807) is 7.11 Å². The van der Waals surface area contributed by atoms with Crippen LogP contribution in [0.15, 0.2) is 12.1 Å². The maximum Gasteiger partial charge on any atom is 0.122 e. The molecule has 1 aromatic carbocycles. The van der Waals surface area contributed by atoms with Gasteiger partial charge in [-0.3, -0.25) is 0 Å². The lowest BCUT2D eigenvalue weighted by Crippen LogP contribution is -2.12. The SMILES string of the molecule is COc1cc(C)c(C)cc1CC1(O)CC1. The molecule has 0 radical (unpaired) electrons. The van der Waals surface area contributed by atoms with Crippen molar-refractivity contribution in [1.29, 1.82) is 0 Å². The molecule has 2 heteroatoms. The van der Waals surface area contributed by atoms with Crippen molar-refractivity contribution >= 4 is 0 Å². The van der Waals surface area contributed by atoms with Gasteiger partial charge in [0.1, 0.15) is 5.75 Å². The van der Waals surface area contributed by atoms with Crippen LogP contribution in [0.1, 0.15) is 29.5 Å². The third-order valence-corrected chi connectivity index (χ3v) is 3.24. The number of rotatable bonds is 3. The summed E-state index contributed by atoms with van der Waals surface area (Å²) in [6, 6.07) is 4.18. The van der Waals surface area contributed by atoms with Crippen LogP contribution in [0.5, 0.6) is 5.75 Å². The topological polar surface area (TPSA) is 29.5 Å². The van der Waals surface area contributed by atoms with E-state index < -0.39 is 5.60 Å². The number of aliphatic hydroxyl groups is 1. The predicted molar refractivity (Wildman–Crippen MR) is 60.4 cm³/mol. The summed E-state index contributed by atoms with van der Waals surface area (Å²) in [5.41, 5.74) is 3.17. The zero-order valence-electron chi connectivity index (χ0n) is 9.63. The van der Waals surface area contributed by atoms with Gasteiger partial charge in [0.15, 0.2) is 0 Å². The second-order valence-corrected chi connectivity index (χ2v) is 4.65. The van der Waals surface area contributed by atoms with E-state index >= 15 is 0 Å². The molecule has 15 heavy (non-hydrogen) atoms. The maximum atomic E-state index is 9.91. The summed E-state index contributed by atoms with van der Waals surface area (Å²) in [5.74, 6) is 0.901. The van der Waals surface area contributed by atoms with Gasteiger partial charge in [-0.25, -0.2) is 0 Å². The summed E-state index contributed by atoms with van der Waals surface area (Å²) < 4.78 is 5.34. The van der Waals surface area contributed by atoms with Gasteiger partial charge in [0.2, 0.25) is 0 Å². The molecule has 0 saturated heterocycles. The Kier molecular flexibility index (Phi) is 2.47. The average Bonchev–Trinajstić information content (AvgIpc) is 2.89. The van der Waals surface area contributed by atoms with Crippen molar-refractivity contribution in [2.24, 2.45) is 0 Å². The molecule has 1 aliphatic carbocycles. The van der Waals surface area contributed by atoms with Crippen LogP contribution < -0.4 is 4.74 Å². The Labute approximate surface area is 90.9 Å². The minimum absolute atomic E-state index is 0.449. The molecule has 0 amide bonds. The molecule has 82 valence electrons. The van der Waals surface area contributed by atoms with Gasteiger partial charge >= 0.3 is 0 Å². The molecule has 0 unspecified atom stereocenters. The van der Waals surface area contributed by atoms with Crippen molar-refractivity contribution in [2.75, 3.05) is 7.11 Å². The smallest absolute Gasteiger partial charge is 0.122 e. The number of methoxy groups -OCH3 is 1. The van der Waals surface area contributed by atoms with Crippen LogP contribution in [-0.2, 0) is 6.42 Å². The zero-order valence-corrected chi connectivity index (χ0v) is 9.63. The van der Waals surface area contributed by atoms with E-state index in [1.807, 2.05) is 0 Å². The van der Waals surface area contributed by atoms with Crippen molar-refractivity contribution in [3.63, 3.8) is 0 Å². The highest BCUT2D eigenvalue weighted by Gasteiger charge is 2.40. The molecule has 0 bridgehead atoms. The summed E-state index contributed by atoms with van der Waals surface area (Å²) >= 11 is 0. The van der Waals surface area contributed by atoms with Gasteiger partial charge in [-0.2, -0.15) is 0 Å². The Morgan fingerprint density at radius 2 is 1.87 bits per heavy atom. The minimum Gasteiger partial charge on any atom is -0.496 e. The maximum absolute atomic E-state index is 9.91. The van der Waals surface area contributed by atoms with Gasteiger partial charge < -0.3 is 9.84 Å². The lowest BCUT2D eigenvalue weighted by Gasteiger charge is -2.14. The Balaban J connectivity index is 2.31. The highest BCUT2D eigenvalue weighted by atomic mass is 16.5. The van der Waals surface area contributed by atoms with E-state index in [0.29, 0.717) is 0 Å². The molecule has 1 fully saturated rings. The minimum atomic E-state index is -0.449. The van der Waals surface area contributed by atoms with E-state index in [1.165, 1.54) is 11.1 Å². The van der Waals surface area contributed by atoms with Gasteiger partial charge in [0, 0.05) is 6.42 Å². The molecule has 1 aliphatic rings. The molecular formula is C13H18O2. The number of benzene rings is 1. The van der Waals surface area contributed by atoms with Crippen LogP contribution >= 0.6 is 0 Å². The third-order valence-electron chi connectivity index (χ3n) is 3.24. The van der Waals surface area contributed by atoms with Gasteiger partial charge in [-0.1, -0.05) is 6.07 Å². The van der Waals surface area contributed by atoms with Crippen molar-refractivity contribution in [3.8, 4) is 5.75 Å². The molecule has 1 saturated carbocycles. The predicted octanol–water partition coefficient (Wildman–Crippen LogP) is 2.38. The summed E-state index contributed by atoms with van der Waals surface area (Å²) in [6.45, 7) is 4.17. The van der Waals surface area contributed by atoms with Gasteiger partial charge in [0.05, 0.1) is 12.7 Å². The highest BCUT2D eigenvalue weighted by molar-refractivity contribution is 5.42. The second-order valence-electron chi connectivity index (χ2n) is 4.65. The second kappa shape index (κ2) is 3.53. The summed E-state index contributed by atoms with van der Waals surface area (Å²) in [6.07, 6.45) is 2.56. The lowest BCUT2D eigenvalue weighted by atomic mass is 10.00. The first-order valence-corrected chi connectivity index (χ1v) is 5.40. The fourth-order valence-electron chi connectivity index (χ4n) is 1.85. The number of aryl methyl sites for hydroxylation is 2. The average molecular weight is 206 g/mol. The van der Waals surface area contributed by atoms with E-state index in [0.717, 1.165) is 30.6 Å². The summed E-state index contributed by atoms with van der Waals surface area (Å²) in [7, 11) is 1.69. The first-order valence-electron chi connectivity index (χ1n) is 5.40. The zero-order chi connectivity index (χ0) is 11.1. The fraction of sp³-hybridized carbons (Fsp3) is 0.538. The quantitative estimate of drug-likeness (QED) is 0.822. The summed E-state index contributed by atoms with van der Waals surface area (Å²) in [4.78, 5) is 0. The molecule has 0 aliphatic heterocycles. The third kappa shape index (κ3) is 2.15. The van der Waals surface area contributed by atoms with Gasteiger partial charge in [-0.15, -0.1) is 0 Å². The van der Waals surface area contributed by atoms with Crippen molar-refractivity contribution in [1.82, 2.24) is 0 Å². The van der Waals surface area contributed by atoms with Crippen molar-refractivity contribution in [3.05, 3.63) is 28.8 Å². The van der Waals surface area contributed by atoms with Crippen LogP contribution in [0.2, 0.25) is 0 Å². The summed E-state index contributed by atoms with van der Waals surface area (Å²) in [5, 5.41) is 9.91. The van der Waals surface area contributed by atoms with Crippen LogP contribution in [0.4, 0.5) is 0 Å². The largest absolute Gasteiger partial charge is 0.496 e. The van der Waals surface area contributed by atoms with Crippen molar-refractivity contribution < 1.29 is 9.84 Å². The van der Waals surface area contributed by atoms with Gasteiger partial charge in [0.25, 0.3) is 0 Å². The monoisotopic (exact) mass is 206 g/mol. The Morgan fingerprint density at radius 1 is 1.27 bits per heavy atom. The lowest BCUT2D eigenvalue weighted by molar-refractivity contribution is 0.150. The Bertz CT molecular complexity index is 378. The molecule has 2 rings (SSSR count). The highest BCUT2D eigenvalue weighted by Crippen LogP contribution is 2.40. The Hall–Kier alpha value is -1.02. The number of ether oxygens (including phenoxy) is 1. The fourth-order valence-corrected chi connectivity index (χ4v) is 1.85. The normalized spacial score (nSPS) is 17.6. The van der Waals surface area contributed by atoms with E-state index in [4.69, 9.17) is 4.74 Å². The first-order chi connectivity index (χ1) is 7.04. The molecule has 1 aromatic rings.